The van der Waals surface area contributed by atoms with Gasteiger partial charge in [0.2, 0.25) is 0 Å². The number of anilines is 1. The second kappa shape index (κ2) is 10.4. The monoisotopic (exact) mass is 493 g/mol. The fourth-order valence-corrected chi connectivity index (χ4v) is 3.41. The predicted octanol–water partition coefficient (Wildman–Crippen LogP) is 5.14. The van der Waals surface area contributed by atoms with E-state index in [1.165, 1.54) is 25.1 Å². The molecule has 0 saturated carbocycles. The van der Waals surface area contributed by atoms with Crippen LogP contribution in [-0.4, -0.2) is 18.0 Å². The van der Waals surface area contributed by atoms with Crippen LogP contribution in [0.5, 0.6) is 5.75 Å². The van der Waals surface area contributed by atoms with Gasteiger partial charge in [0.05, 0.1) is 11.3 Å². The molecular formula is C27H21F2NO6. The summed E-state index contributed by atoms with van der Waals surface area (Å²) in [6.07, 6.45) is -1.22. The molecule has 1 heterocycles. The number of hydrogen-bond acceptors (Lipinski definition) is 6. The lowest BCUT2D eigenvalue weighted by atomic mass is 10.1. The summed E-state index contributed by atoms with van der Waals surface area (Å²) in [5.74, 6) is -2.72. The van der Waals surface area contributed by atoms with Crippen molar-refractivity contribution in [3.8, 4) is 5.75 Å². The Balaban J connectivity index is 1.33. The normalized spacial score (nSPS) is 11.7. The number of hydrogen-bond donors (Lipinski definition) is 1. The first-order valence-corrected chi connectivity index (χ1v) is 10.9. The van der Waals surface area contributed by atoms with Gasteiger partial charge in [0.1, 0.15) is 29.6 Å². The van der Waals surface area contributed by atoms with Crippen molar-refractivity contribution in [2.24, 2.45) is 0 Å². The van der Waals surface area contributed by atoms with Gasteiger partial charge in [-0.15, -0.1) is 0 Å². The number of nitrogens with one attached hydrogen (secondary N) is 1. The lowest BCUT2D eigenvalue weighted by molar-refractivity contribution is -0.123. The van der Waals surface area contributed by atoms with Gasteiger partial charge >= 0.3 is 11.6 Å². The molecule has 9 heteroatoms. The Morgan fingerprint density at radius 3 is 2.47 bits per heavy atom. The smallest absolute Gasteiger partial charge is 0.338 e. The second-order valence-electron chi connectivity index (χ2n) is 8.05. The molecule has 0 aliphatic rings. The Bertz CT molecular complexity index is 1500. The van der Waals surface area contributed by atoms with E-state index in [4.69, 9.17) is 13.9 Å². The van der Waals surface area contributed by atoms with Crippen LogP contribution in [0.3, 0.4) is 0 Å². The van der Waals surface area contributed by atoms with E-state index in [0.29, 0.717) is 17.4 Å². The highest BCUT2D eigenvalue weighted by molar-refractivity contribution is 5.97. The third-order valence-electron chi connectivity index (χ3n) is 5.36. The van der Waals surface area contributed by atoms with Gasteiger partial charge in [-0.3, -0.25) is 4.79 Å². The maximum atomic E-state index is 13.7. The third kappa shape index (κ3) is 5.75. The van der Waals surface area contributed by atoms with E-state index in [-0.39, 0.29) is 17.9 Å². The summed E-state index contributed by atoms with van der Waals surface area (Å²) < 4.78 is 42.9. The zero-order valence-corrected chi connectivity index (χ0v) is 19.3. The zero-order chi connectivity index (χ0) is 25.8. The van der Waals surface area contributed by atoms with Gasteiger partial charge in [0, 0.05) is 23.6 Å². The number of halogens is 2. The fraction of sp³-hybridized carbons (Fsp3) is 0.148. The predicted molar refractivity (Wildman–Crippen MR) is 128 cm³/mol. The lowest BCUT2D eigenvalue weighted by Gasteiger charge is -2.14. The molecule has 0 spiro atoms. The summed E-state index contributed by atoms with van der Waals surface area (Å²) >= 11 is 0. The van der Waals surface area contributed by atoms with Crippen molar-refractivity contribution in [1.29, 1.82) is 0 Å². The van der Waals surface area contributed by atoms with Crippen LogP contribution in [0.15, 0.2) is 75.9 Å². The minimum atomic E-state index is -1.22. The largest absolute Gasteiger partial charge is 0.489 e. The van der Waals surface area contributed by atoms with Gasteiger partial charge in [0.25, 0.3) is 5.91 Å². The molecule has 0 aliphatic carbocycles. The Kier molecular flexibility index (Phi) is 7.10. The van der Waals surface area contributed by atoms with E-state index < -0.39 is 35.2 Å². The Morgan fingerprint density at radius 2 is 1.75 bits per heavy atom. The highest BCUT2D eigenvalue weighted by Crippen LogP contribution is 2.23. The highest BCUT2D eigenvalue weighted by atomic mass is 19.1. The first kappa shape index (κ1) is 24.6. The van der Waals surface area contributed by atoms with E-state index in [0.717, 1.165) is 28.6 Å². The van der Waals surface area contributed by atoms with Crippen LogP contribution in [0.1, 0.15) is 28.4 Å². The molecule has 1 atom stereocenters. The summed E-state index contributed by atoms with van der Waals surface area (Å²) in [5, 5.41) is 3.07. The number of esters is 1. The SMILES string of the molecule is Cc1cc(=O)oc2cc(OCc3ccc(C(=O)OC(C)C(=O)Nc4ccc(F)cc4F)cc3)ccc12. The van der Waals surface area contributed by atoms with Crippen LogP contribution in [0.25, 0.3) is 11.0 Å². The molecule has 1 unspecified atom stereocenters. The first-order chi connectivity index (χ1) is 17.2. The topological polar surface area (TPSA) is 94.8 Å². The summed E-state index contributed by atoms with van der Waals surface area (Å²) in [5.41, 5.74) is 1.54. The molecule has 0 saturated heterocycles. The number of carbonyl (C=O) groups excluding carboxylic acids is 2. The maximum Gasteiger partial charge on any atom is 0.338 e. The van der Waals surface area contributed by atoms with Gasteiger partial charge in [-0.05, 0) is 61.4 Å². The van der Waals surface area contributed by atoms with Crippen molar-refractivity contribution in [2.75, 3.05) is 5.32 Å². The summed E-state index contributed by atoms with van der Waals surface area (Å²) in [6, 6.07) is 15.7. The van der Waals surface area contributed by atoms with Gasteiger partial charge in [-0.25, -0.2) is 18.4 Å². The molecule has 0 bridgehead atoms. The van der Waals surface area contributed by atoms with Crippen molar-refractivity contribution < 1.29 is 32.3 Å². The van der Waals surface area contributed by atoms with Gasteiger partial charge in [0.15, 0.2) is 6.10 Å². The summed E-state index contributed by atoms with van der Waals surface area (Å²) in [4.78, 5) is 36.2. The van der Waals surface area contributed by atoms with Crippen LogP contribution < -0.4 is 15.7 Å². The van der Waals surface area contributed by atoms with E-state index >= 15 is 0 Å². The number of rotatable bonds is 7. The number of fused-ring (bicyclic) bond motifs is 1. The van der Waals surface area contributed by atoms with Crippen LogP contribution in [0.4, 0.5) is 14.5 Å². The van der Waals surface area contributed by atoms with Crippen molar-refractivity contribution in [3.63, 3.8) is 0 Å². The summed E-state index contributed by atoms with van der Waals surface area (Å²) in [7, 11) is 0. The van der Waals surface area contributed by atoms with Crippen LogP contribution in [0, 0.1) is 18.6 Å². The molecular weight excluding hydrogens is 472 g/mol. The van der Waals surface area contributed by atoms with Crippen molar-refractivity contribution in [2.45, 2.75) is 26.6 Å². The average molecular weight is 493 g/mol. The minimum absolute atomic E-state index is 0.193. The number of carbonyl (C=O) groups is 2. The van der Waals surface area contributed by atoms with Crippen molar-refractivity contribution >= 4 is 28.5 Å². The van der Waals surface area contributed by atoms with E-state index in [1.807, 2.05) is 13.0 Å². The molecule has 36 heavy (non-hydrogen) atoms. The van der Waals surface area contributed by atoms with Crippen LogP contribution in [0.2, 0.25) is 0 Å². The van der Waals surface area contributed by atoms with Crippen molar-refractivity contribution in [3.05, 3.63) is 105 Å². The highest BCUT2D eigenvalue weighted by Gasteiger charge is 2.20. The van der Waals surface area contributed by atoms with E-state index in [2.05, 4.69) is 5.32 Å². The van der Waals surface area contributed by atoms with Crippen LogP contribution >= 0.6 is 0 Å². The first-order valence-electron chi connectivity index (χ1n) is 10.9. The molecule has 4 rings (SSSR count). The number of benzene rings is 3. The minimum Gasteiger partial charge on any atom is -0.489 e. The molecule has 0 fully saturated rings. The maximum absolute atomic E-state index is 13.7. The Labute approximate surface area is 204 Å². The number of ether oxygens (including phenoxy) is 2. The Hall–Kier alpha value is -4.53. The molecule has 4 aromatic rings. The zero-order valence-electron chi connectivity index (χ0n) is 19.3. The molecule has 1 aromatic heterocycles. The quantitative estimate of drug-likeness (QED) is 0.283. The molecule has 1 amide bonds. The molecule has 3 aromatic carbocycles. The van der Waals surface area contributed by atoms with Gasteiger partial charge in [-0.1, -0.05) is 12.1 Å². The molecule has 0 aliphatic heterocycles. The fourth-order valence-electron chi connectivity index (χ4n) is 3.41. The molecule has 1 N–H and O–H groups in total. The standard InChI is InChI=1S/C27H21F2NO6/c1-15-11-25(31)36-24-13-20(8-9-21(15)24)34-14-17-3-5-18(6-4-17)27(33)35-16(2)26(32)30-23-10-7-19(28)12-22(23)29/h3-13,16H,14H2,1-2H3,(H,30,32). The van der Waals surface area contributed by atoms with Crippen molar-refractivity contribution in [1.82, 2.24) is 0 Å². The summed E-state index contributed by atoms with van der Waals surface area (Å²) in [6.45, 7) is 3.35. The third-order valence-corrected chi connectivity index (χ3v) is 5.36. The molecule has 7 nitrogen and oxygen atoms in total. The Morgan fingerprint density at radius 1 is 1.00 bits per heavy atom. The molecule has 0 radical (unpaired) electrons. The van der Waals surface area contributed by atoms with E-state index in [1.54, 1.807) is 24.3 Å². The number of amides is 1. The lowest BCUT2D eigenvalue weighted by Crippen LogP contribution is -2.30. The molecule has 184 valence electrons. The second-order valence-corrected chi connectivity index (χ2v) is 8.05. The van der Waals surface area contributed by atoms with Gasteiger partial charge in [-0.2, -0.15) is 0 Å². The van der Waals surface area contributed by atoms with Gasteiger partial charge < -0.3 is 19.2 Å². The van der Waals surface area contributed by atoms with E-state index in [9.17, 15) is 23.2 Å². The average Bonchev–Trinajstić information content (AvgIpc) is 2.84. The number of aryl methyl sites for hydroxylation is 1. The van der Waals surface area contributed by atoms with Crippen LogP contribution in [-0.2, 0) is 16.1 Å².